The number of aromatic nitrogens is 1. The first-order chi connectivity index (χ1) is 11.7. The van der Waals surface area contributed by atoms with Gasteiger partial charge in [-0.05, 0) is 12.1 Å². The van der Waals surface area contributed by atoms with Crippen molar-refractivity contribution in [3.05, 3.63) is 34.8 Å². The van der Waals surface area contributed by atoms with E-state index < -0.39 is 28.5 Å². The lowest BCUT2D eigenvalue weighted by molar-refractivity contribution is -0.110. The Morgan fingerprint density at radius 2 is 2.20 bits per heavy atom. The Morgan fingerprint density at radius 3 is 2.72 bits per heavy atom. The van der Waals surface area contributed by atoms with Gasteiger partial charge in [0.05, 0.1) is 29.2 Å². The molecule has 25 heavy (non-hydrogen) atoms. The predicted molar refractivity (Wildman–Crippen MR) is 85.3 cm³/mol. The van der Waals surface area contributed by atoms with Gasteiger partial charge in [-0.3, -0.25) is 15.2 Å². The first kappa shape index (κ1) is 19.2. The molecule has 0 aromatic carbocycles. The maximum atomic E-state index is 12.4. The molecule has 0 spiro atoms. The fourth-order valence-electron chi connectivity index (χ4n) is 1.98. The smallest absolute Gasteiger partial charge is 0.393 e. The van der Waals surface area contributed by atoms with Crippen LogP contribution in [0.2, 0.25) is 0 Å². The van der Waals surface area contributed by atoms with Gasteiger partial charge in [-0.1, -0.05) is 11.6 Å². The van der Waals surface area contributed by atoms with Gasteiger partial charge >= 0.3 is 6.18 Å². The topological polar surface area (TPSA) is 113 Å². The first-order valence-corrected chi connectivity index (χ1v) is 7.49. The number of carbonyl (C=O) groups is 1. The molecule has 1 amide bonds. The van der Waals surface area contributed by atoms with E-state index in [-0.39, 0.29) is 11.8 Å². The molecule has 1 aliphatic heterocycles. The van der Waals surface area contributed by atoms with Crippen LogP contribution in [0.1, 0.15) is 11.8 Å². The molecular weight excluding hydrogens is 363 g/mol. The van der Waals surface area contributed by atoms with Crippen LogP contribution in [-0.2, 0) is 9.53 Å². The van der Waals surface area contributed by atoms with Crippen LogP contribution >= 0.6 is 11.6 Å². The standard InChI is InChI=1S/C14H15ClF3N5O2/c15-10(12(20)14(16,17)18)11(19)13(24)23-7-1-2-8(22-5-7)9-6-21-3-4-25-9/h1-2,5,9,19,21H,3-4,6,20H2,(H,23,24)/b12-10+,19-11?/t9-/m0/s1. The van der Waals surface area contributed by atoms with E-state index >= 15 is 0 Å². The average Bonchev–Trinajstić information content (AvgIpc) is 2.60. The number of carbonyl (C=O) groups excluding carboxylic acids is 1. The lowest BCUT2D eigenvalue weighted by Gasteiger charge is -2.23. The molecule has 2 rings (SSSR count). The lowest BCUT2D eigenvalue weighted by atomic mass is 10.2. The summed E-state index contributed by atoms with van der Waals surface area (Å²) in [6, 6.07) is 3.11. The fourth-order valence-corrected chi connectivity index (χ4v) is 2.17. The van der Waals surface area contributed by atoms with Crippen molar-refractivity contribution in [2.24, 2.45) is 5.73 Å². The van der Waals surface area contributed by atoms with E-state index in [1.165, 1.54) is 12.3 Å². The van der Waals surface area contributed by atoms with Crippen LogP contribution in [0, 0.1) is 5.41 Å². The summed E-state index contributed by atoms with van der Waals surface area (Å²) >= 11 is 5.36. The molecule has 1 fully saturated rings. The van der Waals surface area contributed by atoms with Crippen molar-refractivity contribution in [3.8, 4) is 0 Å². The second-order valence-electron chi connectivity index (χ2n) is 5.09. The summed E-state index contributed by atoms with van der Waals surface area (Å²) < 4.78 is 42.9. The largest absolute Gasteiger partial charge is 0.432 e. The highest BCUT2D eigenvalue weighted by molar-refractivity contribution is 6.60. The second kappa shape index (κ2) is 7.81. The number of alkyl halides is 3. The van der Waals surface area contributed by atoms with Gasteiger partial charge in [-0.25, -0.2) is 0 Å². The maximum absolute atomic E-state index is 12.4. The zero-order valence-electron chi connectivity index (χ0n) is 12.8. The van der Waals surface area contributed by atoms with Gasteiger partial charge in [0.1, 0.15) is 17.5 Å². The number of nitrogens with two attached hydrogens (primary N) is 1. The summed E-state index contributed by atoms with van der Waals surface area (Å²) in [4.78, 5) is 16.0. The number of hydrogen-bond acceptors (Lipinski definition) is 6. The van der Waals surface area contributed by atoms with Gasteiger partial charge in [0.25, 0.3) is 5.91 Å². The summed E-state index contributed by atoms with van der Waals surface area (Å²) in [6.45, 7) is 1.90. The third-order valence-corrected chi connectivity index (χ3v) is 3.68. The van der Waals surface area contributed by atoms with Crippen molar-refractivity contribution in [1.29, 1.82) is 5.41 Å². The van der Waals surface area contributed by atoms with Crippen molar-refractivity contribution in [2.45, 2.75) is 12.3 Å². The van der Waals surface area contributed by atoms with Crippen molar-refractivity contribution in [1.82, 2.24) is 10.3 Å². The molecule has 1 saturated heterocycles. The van der Waals surface area contributed by atoms with Crippen LogP contribution < -0.4 is 16.4 Å². The summed E-state index contributed by atoms with van der Waals surface area (Å²) in [5, 5.41) is 11.6. The number of nitrogens with zero attached hydrogens (tertiary/aromatic N) is 1. The van der Waals surface area contributed by atoms with E-state index in [0.29, 0.717) is 18.8 Å². The zero-order chi connectivity index (χ0) is 18.6. The molecule has 11 heteroatoms. The van der Waals surface area contributed by atoms with E-state index in [0.717, 1.165) is 6.54 Å². The molecular formula is C14H15ClF3N5O2. The van der Waals surface area contributed by atoms with Crippen LogP contribution in [0.3, 0.4) is 0 Å². The molecule has 0 aliphatic carbocycles. The van der Waals surface area contributed by atoms with Crippen molar-refractivity contribution in [2.75, 3.05) is 25.0 Å². The Morgan fingerprint density at radius 1 is 1.48 bits per heavy atom. The molecule has 2 heterocycles. The lowest BCUT2D eigenvalue weighted by Crippen LogP contribution is -2.33. The number of anilines is 1. The SMILES string of the molecule is N=C(C(=O)Nc1ccc([C@@H]2CNCCO2)nc1)/C(Cl)=C(\N)C(F)(F)F. The van der Waals surface area contributed by atoms with Crippen molar-refractivity contribution >= 4 is 28.9 Å². The summed E-state index contributed by atoms with van der Waals surface area (Å²) in [7, 11) is 0. The zero-order valence-corrected chi connectivity index (χ0v) is 13.5. The van der Waals surface area contributed by atoms with Crippen LogP contribution in [0.5, 0.6) is 0 Å². The predicted octanol–water partition coefficient (Wildman–Crippen LogP) is 1.67. The van der Waals surface area contributed by atoms with E-state index in [9.17, 15) is 18.0 Å². The Bertz CT molecular complexity index is 685. The van der Waals surface area contributed by atoms with E-state index in [1.807, 2.05) is 0 Å². The van der Waals surface area contributed by atoms with Gasteiger partial charge in [-0.2, -0.15) is 13.2 Å². The number of morpholine rings is 1. The highest BCUT2D eigenvalue weighted by atomic mass is 35.5. The van der Waals surface area contributed by atoms with E-state index in [4.69, 9.17) is 27.5 Å². The summed E-state index contributed by atoms with van der Waals surface area (Å²) in [6.07, 6.45) is -3.84. The van der Waals surface area contributed by atoms with Crippen molar-refractivity contribution < 1.29 is 22.7 Å². The van der Waals surface area contributed by atoms with Crippen LogP contribution in [0.4, 0.5) is 18.9 Å². The van der Waals surface area contributed by atoms with Crippen LogP contribution in [-0.4, -0.2) is 42.5 Å². The Balaban J connectivity index is 2.04. The fraction of sp³-hybridized carbons (Fsp3) is 0.357. The number of halogens is 4. The number of amides is 1. The van der Waals surface area contributed by atoms with E-state index in [1.54, 1.807) is 6.07 Å². The third-order valence-electron chi connectivity index (χ3n) is 3.29. The number of allylic oxidation sites excluding steroid dienone is 1. The minimum Gasteiger partial charge on any atom is -0.393 e. The molecule has 0 unspecified atom stereocenters. The highest BCUT2D eigenvalue weighted by Crippen LogP contribution is 2.26. The van der Waals surface area contributed by atoms with Crippen LogP contribution in [0.25, 0.3) is 0 Å². The molecule has 136 valence electrons. The molecule has 7 nitrogen and oxygen atoms in total. The minimum absolute atomic E-state index is 0.192. The molecule has 0 radical (unpaired) electrons. The molecule has 1 aromatic rings. The Labute approximate surface area is 145 Å². The molecule has 5 N–H and O–H groups in total. The number of rotatable bonds is 4. The van der Waals surface area contributed by atoms with Crippen LogP contribution in [0.15, 0.2) is 29.1 Å². The van der Waals surface area contributed by atoms with Crippen molar-refractivity contribution in [3.63, 3.8) is 0 Å². The Kier molecular flexibility index (Phi) is 5.98. The Hall–Kier alpha value is -2.17. The molecule has 1 aliphatic rings. The van der Waals surface area contributed by atoms with Gasteiger partial charge in [0.2, 0.25) is 0 Å². The molecule has 0 saturated carbocycles. The monoisotopic (exact) mass is 377 g/mol. The quantitative estimate of drug-likeness (QED) is 0.596. The van der Waals surface area contributed by atoms with Gasteiger partial charge < -0.3 is 21.1 Å². The van der Waals surface area contributed by atoms with Gasteiger partial charge in [0.15, 0.2) is 0 Å². The van der Waals surface area contributed by atoms with Gasteiger partial charge in [-0.15, -0.1) is 0 Å². The maximum Gasteiger partial charge on any atom is 0.432 e. The summed E-state index contributed by atoms with van der Waals surface area (Å²) in [5.74, 6) is -1.14. The molecule has 1 atom stereocenters. The normalized spacial score (nSPS) is 19.1. The molecule has 0 bridgehead atoms. The summed E-state index contributed by atoms with van der Waals surface area (Å²) in [5.41, 5.74) is 2.83. The minimum atomic E-state index is -4.93. The van der Waals surface area contributed by atoms with Gasteiger partial charge in [0, 0.05) is 13.1 Å². The number of pyridine rings is 1. The highest BCUT2D eigenvalue weighted by Gasteiger charge is 2.36. The number of ether oxygens (including phenoxy) is 1. The number of nitrogens with one attached hydrogen (secondary N) is 3. The van der Waals surface area contributed by atoms with E-state index in [2.05, 4.69) is 15.6 Å². The second-order valence-corrected chi connectivity index (χ2v) is 5.47. The third kappa shape index (κ3) is 4.91. The average molecular weight is 378 g/mol. The molecule has 1 aromatic heterocycles. The first-order valence-electron chi connectivity index (χ1n) is 7.11. The number of hydrogen-bond donors (Lipinski definition) is 4.